The summed E-state index contributed by atoms with van der Waals surface area (Å²) in [7, 11) is 0. The number of aliphatic imine (C=N–C) groups is 1. The van der Waals surface area contributed by atoms with Crippen LogP contribution >= 0.6 is 0 Å². The van der Waals surface area contributed by atoms with Crippen molar-refractivity contribution in [2.45, 2.75) is 52.0 Å². The lowest BCUT2D eigenvalue weighted by molar-refractivity contribution is -0.388. The van der Waals surface area contributed by atoms with Gasteiger partial charge in [-0.1, -0.05) is 19.8 Å². The summed E-state index contributed by atoms with van der Waals surface area (Å²) in [6.45, 7) is 2.54. The van der Waals surface area contributed by atoms with E-state index in [4.69, 9.17) is 4.74 Å². The van der Waals surface area contributed by atoms with Gasteiger partial charge in [-0.15, -0.1) is 0 Å². The van der Waals surface area contributed by atoms with Gasteiger partial charge in [-0.05, 0) is 26.2 Å². The smallest absolute Gasteiger partial charge is 0.343 e. The lowest BCUT2D eigenvalue weighted by Crippen LogP contribution is -2.15. The molecule has 1 N–H and O–H groups in total. The number of esters is 1. The highest BCUT2D eigenvalue weighted by atomic mass is 19.2. The van der Waals surface area contributed by atoms with E-state index in [1.165, 1.54) is 0 Å². The van der Waals surface area contributed by atoms with Gasteiger partial charge in [0.05, 0.1) is 11.5 Å². The second-order valence-corrected chi connectivity index (χ2v) is 6.66. The zero-order chi connectivity index (χ0) is 21.7. The van der Waals surface area contributed by atoms with Gasteiger partial charge in [-0.2, -0.15) is 4.39 Å². The number of carbonyl (C=O) groups is 1. The Kier molecular flexibility index (Phi) is 7.35. The summed E-state index contributed by atoms with van der Waals surface area (Å²) in [4.78, 5) is 26.4. The molecule has 1 aliphatic rings. The maximum Gasteiger partial charge on any atom is 0.343 e. The molecule has 0 heterocycles. The average Bonchev–Trinajstić information content (AvgIpc) is 3.20. The molecule has 29 heavy (non-hydrogen) atoms. The summed E-state index contributed by atoms with van der Waals surface area (Å²) < 4.78 is 47.5. The van der Waals surface area contributed by atoms with Crippen LogP contribution in [0.4, 0.5) is 18.9 Å². The molecule has 0 bridgehead atoms. The van der Waals surface area contributed by atoms with E-state index in [1.807, 2.05) is 0 Å². The van der Waals surface area contributed by atoms with Crippen molar-refractivity contribution in [3.8, 4) is 0 Å². The third kappa shape index (κ3) is 4.75. The lowest BCUT2D eigenvalue weighted by Gasteiger charge is -2.12. The van der Waals surface area contributed by atoms with Crippen LogP contribution in [0.5, 0.6) is 0 Å². The standard InChI is InChI=1S/C19H21F3N2O5/c1-3-8-29-19(26)12(9-23-11-6-4-5-7-11)18(25)13-14(20)10(2)15(21)16(22)17(13)24(27)28/h9,11,25H,3-8H2,1-2H3. The predicted molar refractivity (Wildman–Crippen MR) is 99.3 cm³/mol. The number of nitrogens with zero attached hydrogens (tertiary/aromatic N) is 2. The molecule has 0 unspecified atom stereocenters. The molecule has 0 aliphatic heterocycles. The first kappa shape index (κ1) is 22.4. The number of nitro groups is 1. The highest BCUT2D eigenvalue weighted by Crippen LogP contribution is 2.35. The first-order valence-electron chi connectivity index (χ1n) is 9.15. The fraction of sp³-hybridized carbons (Fsp3) is 0.474. The van der Waals surface area contributed by atoms with Gasteiger partial charge < -0.3 is 9.84 Å². The van der Waals surface area contributed by atoms with Crippen molar-refractivity contribution in [3.63, 3.8) is 0 Å². The molecule has 10 heteroatoms. The molecule has 0 spiro atoms. The fourth-order valence-corrected chi connectivity index (χ4v) is 3.00. The van der Waals surface area contributed by atoms with E-state index in [2.05, 4.69) is 4.99 Å². The van der Waals surface area contributed by atoms with Crippen LogP contribution in [0.3, 0.4) is 0 Å². The Morgan fingerprint density at radius 3 is 2.45 bits per heavy atom. The maximum absolute atomic E-state index is 14.6. The van der Waals surface area contributed by atoms with E-state index < -0.39 is 56.5 Å². The van der Waals surface area contributed by atoms with Gasteiger partial charge in [0, 0.05) is 17.8 Å². The van der Waals surface area contributed by atoms with Crippen molar-refractivity contribution in [2.75, 3.05) is 6.61 Å². The molecule has 0 saturated heterocycles. The number of nitro benzene ring substituents is 1. The molecular formula is C19H21F3N2O5. The SMILES string of the molecule is CCCOC(=O)C(C=NC1CCCC1)=C(O)c1c(F)c(C)c(F)c(F)c1[N+](=O)[O-]. The van der Waals surface area contributed by atoms with Crippen molar-refractivity contribution in [3.05, 3.63) is 44.3 Å². The maximum atomic E-state index is 14.6. The minimum atomic E-state index is -1.94. The Hall–Kier alpha value is -2.91. The Morgan fingerprint density at radius 1 is 1.28 bits per heavy atom. The summed E-state index contributed by atoms with van der Waals surface area (Å²) >= 11 is 0. The van der Waals surface area contributed by atoms with Crippen LogP contribution in [0, 0.1) is 34.5 Å². The number of ether oxygens (including phenoxy) is 1. The first-order valence-corrected chi connectivity index (χ1v) is 9.15. The van der Waals surface area contributed by atoms with Crippen LogP contribution in [-0.4, -0.2) is 34.9 Å². The zero-order valence-corrected chi connectivity index (χ0v) is 16.0. The minimum absolute atomic E-state index is 0.0335. The largest absolute Gasteiger partial charge is 0.506 e. The highest BCUT2D eigenvalue weighted by Gasteiger charge is 2.35. The predicted octanol–water partition coefficient (Wildman–Crippen LogP) is 4.56. The van der Waals surface area contributed by atoms with Crippen LogP contribution in [0.15, 0.2) is 10.6 Å². The molecule has 7 nitrogen and oxygen atoms in total. The number of carbonyl (C=O) groups excluding carboxylic acids is 1. The first-order chi connectivity index (χ1) is 13.7. The molecule has 1 aromatic rings. The van der Waals surface area contributed by atoms with Gasteiger partial charge in [-0.25, -0.2) is 13.6 Å². The van der Waals surface area contributed by atoms with Crippen molar-refractivity contribution >= 4 is 23.6 Å². The molecule has 0 aromatic heterocycles. The lowest BCUT2D eigenvalue weighted by atomic mass is 10.0. The molecular weight excluding hydrogens is 393 g/mol. The number of halogens is 3. The van der Waals surface area contributed by atoms with Crippen LogP contribution in [0.2, 0.25) is 0 Å². The van der Waals surface area contributed by atoms with Gasteiger partial charge >= 0.3 is 11.7 Å². The molecule has 158 valence electrons. The van der Waals surface area contributed by atoms with E-state index >= 15 is 0 Å². The summed E-state index contributed by atoms with van der Waals surface area (Å²) in [5.74, 6) is -7.59. The number of aliphatic hydroxyl groups is 1. The summed E-state index contributed by atoms with van der Waals surface area (Å²) in [6, 6.07) is -0.136. The summed E-state index contributed by atoms with van der Waals surface area (Å²) in [6.07, 6.45) is 4.73. The van der Waals surface area contributed by atoms with E-state index in [1.54, 1.807) is 6.92 Å². The molecule has 1 aromatic carbocycles. The number of hydrogen-bond donors (Lipinski definition) is 1. The molecule has 0 amide bonds. The fourth-order valence-electron chi connectivity index (χ4n) is 3.00. The van der Waals surface area contributed by atoms with E-state index in [0.29, 0.717) is 6.42 Å². The van der Waals surface area contributed by atoms with E-state index in [0.717, 1.165) is 38.8 Å². The third-order valence-corrected chi connectivity index (χ3v) is 4.59. The number of aliphatic hydroxyl groups excluding tert-OH is 1. The Bertz CT molecular complexity index is 877. The van der Waals surface area contributed by atoms with Gasteiger partial charge in [0.2, 0.25) is 5.82 Å². The third-order valence-electron chi connectivity index (χ3n) is 4.59. The topological polar surface area (TPSA) is 102 Å². The van der Waals surface area contributed by atoms with Crippen molar-refractivity contribution in [1.29, 1.82) is 0 Å². The second-order valence-electron chi connectivity index (χ2n) is 6.66. The monoisotopic (exact) mass is 414 g/mol. The second kappa shape index (κ2) is 9.53. The highest BCUT2D eigenvalue weighted by molar-refractivity contribution is 6.15. The van der Waals surface area contributed by atoms with Crippen molar-refractivity contribution in [2.24, 2.45) is 4.99 Å². The van der Waals surface area contributed by atoms with Gasteiger partial charge in [0.1, 0.15) is 22.7 Å². The van der Waals surface area contributed by atoms with Crippen LogP contribution < -0.4 is 0 Å². The van der Waals surface area contributed by atoms with Crippen LogP contribution in [0.25, 0.3) is 5.76 Å². The average molecular weight is 414 g/mol. The number of hydrogen-bond acceptors (Lipinski definition) is 6. The molecule has 0 atom stereocenters. The quantitative estimate of drug-likeness (QED) is 0.134. The summed E-state index contributed by atoms with van der Waals surface area (Å²) in [5.41, 5.74) is -4.38. The molecule has 0 radical (unpaired) electrons. The normalized spacial score (nSPS) is 15.6. The zero-order valence-electron chi connectivity index (χ0n) is 16.0. The van der Waals surface area contributed by atoms with Gasteiger partial charge in [0.15, 0.2) is 5.82 Å². The van der Waals surface area contributed by atoms with E-state index in [9.17, 15) is 33.2 Å². The number of benzene rings is 1. The summed E-state index contributed by atoms with van der Waals surface area (Å²) in [5, 5.41) is 21.8. The van der Waals surface area contributed by atoms with Gasteiger partial charge in [-0.3, -0.25) is 15.1 Å². The molecule has 1 saturated carbocycles. The van der Waals surface area contributed by atoms with Crippen molar-refractivity contribution < 1.29 is 32.7 Å². The Labute approximate surface area is 165 Å². The minimum Gasteiger partial charge on any atom is -0.506 e. The van der Waals surface area contributed by atoms with E-state index in [-0.39, 0.29) is 12.6 Å². The van der Waals surface area contributed by atoms with Crippen LogP contribution in [0.1, 0.15) is 50.2 Å². The molecule has 1 fully saturated rings. The Morgan fingerprint density at radius 2 is 1.90 bits per heavy atom. The molecule has 2 rings (SSSR count). The van der Waals surface area contributed by atoms with Gasteiger partial charge in [0.25, 0.3) is 0 Å². The molecule has 1 aliphatic carbocycles. The van der Waals surface area contributed by atoms with Crippen molar-refractivity contribution in [1.82, 2.24) is 0 Å². The van der Waals surface area contributed by atoms with Crippen LogP contribution in [-0.2, 0) is 9.53 Å². The Balaban J connectivity index is 2.70. The number of rotatable bonds is 7.